The van der Waals surface area contributed by atoms with Crippen molar-refractivity contribution < 1.29 is 38.2 Å². The molecule has 4 rings (SSSR count). The van der Waals surface area contributed by atoms with Crippen molar-refractivity contribution in [1.82, 2.24) is 0 Å². The Morgan fingerprint density at radius 2 is 1.50 bits per heavy atom. The van der Waals surface area contributed by atoms with Crippen molar-refractivity contribution in [2.75, 3.05) is 19.8 Å². The van der Waals surface area contributed by atoms with Crippen LogP contribution in [-0.2, 0) is 38.2 Å². The average Bonchev–Trinajstić information content (AvgIpc) is 3.06. The van der Waals surface area contributed by atoms with E-state index in [1.165, 1.54) is 6.42 Å². The lowest BCUT2D eigenvalue weighted by Gasteiger charge is -2.36. The fourth-order valence-corrected chi connectivity index (χ4v) is 4.01. The van der Waals surface area contributed by atoms with Crippen LogP contribution in [0.15, 0.2) is 0 Å². The molecular formula is C18H30O8. The Morgan fingerprint density at radius 1 is 0.808 bits per heavy atom. The molecule has 3 unspecified atom stereocenters. The van der Waals surface area contributed by atoms with Gasteiger partial charge in [-0.05, 0) is 47.0 Å². The molecule has 8 nitrogen and oxygen atoms in total. The van der Waals surface area contributed by atoms with E-state index in [0.29, 0.717) is 6.61 Å². The van der Waals surface area contributed by atoms with Crippen molar-refractivity contribution in [1.29, 1.82) is 0 Å². The quantitative estimate of drug-likeness (QED) is 0.410. The fourth-order valence-electron chi connectivity index (χ4n) is 4.01. The van der Waals surface area contributed by atoms with Crippen LogP contribution in [0.5, 0.6) is 0 Å². The molecule has 4 fully saturated rings. The smallest absolute Gasteiger partial charge is 0.190 e. The normalized spacial score (nSPS) is 43.8. The molecule has 0 aromatic carbocycles. The Kier molecular flexibility index (Phi) is 5.31. The molecule has 4 aliphatic rings. The third-order valence-corrected chi connectivity index (χ3v) is 5.09. The van der Waals surface area contributed by atoms with E-state index in [0.717, 1.165) is 19.4 Å². The second-order valence-corrected chi connectivity index (χ2v) is 8.27. The molecule has 4 heterocycles. The first-order valence-corrected chi connectivity index (χ1v) is 9.56. The lowest BCUT2D eigenvalue weighted by Crippen LogP contribution is -2.56. The Hall–Kier alpha value is -0.320. The van der Waals surface area contributed by atoms with E-state index in [1.54, 1.807) is 0 Å². The molecule has 4 saturated heterocycles. The molecule has 0 aliphatic carbocycles. The number of ether oxygens (including phenoxy) is 6. The molecule has 6 atom stereocenters. The molecule has 150 valence electrons. The molecular weight excluding hydrogens is 344 g/mol. The fraction of sp³-hybridized carbons (Fsp3) is 1.00. The zero-order valence-corrected chi connectivity index (χ0v) is 16.0. The molecule has 0 aromatic rings. The van der Waals surface area contributed by atoms with Crippen molar-refractivity contribution in [3.8, 4) is 0 Å². The van der Waals surface area contributed by atoms with Crippen LogP contribution in [0.3, 0.4) is 0 Å². The molecule has 0 saturated carbocycles. The van der Waals surface area contributed by atoms with E-state index >= 15 is 0 Å². The maximum atomic E-state index is 6.07. The van der Waals surface area contributed by atoms with Gasteiger partial charge in [0.1, 0.15) is 37.6 Å². The van der Waals surface area contributed by atoms with Crippen molar-refractivity contribution in [3.05, 3.63) is 0 Å². The highest BCUT2D eigenvalue weighted by Gasteiger charge is 2.60. The minimum atomic E-state index is -0.722. The molecule has 0 aromatic heterocycles. The highest BCUT2D eigenvalue weighted by molar-refractivity contribution is 4.99. The highest BCUT2D eigenvalue weighted by Crippen LogP contribution is 2.44. The number of fused-ring (bicyclic) bond motifs is 3. The maximum absolute atomic E-state index is 6.07. The second kappa shape index (κ2) is 7.25. The standard InChI is InChI=1S/C18H30O8/c1-17(2)23-13-12(10-21-20-9-11-7-5-6-8-19-11)22-16-15(14(13)24-17)25-18(3,4)26-16/h11-16H,5-10H2,1-4H3/t11?,12?,13-,14-,15-,16?/m0/s1. The van der Waals surface area contributed by atoms with Crippen LogP contribution in [0.25, 0.3) is 0 Å². The first-order valence-electron chi connectivity index (χ1n) is 9.56. The molecule has 4 aliphatic heterocycles. The van der Waals surface area contributed by atoms with E-state index < -0.39 is 17.9 Å². The van der Waals surface area contributed by atoms with Gasteiger partial charge in [0.15, 0.2) is 17.9 Å². The summed E-state index contributed by atoms with van der Waals surface area (Å²) in [5, 5.41) is 0. The van der Waals surface area contributed by atoms with Gasteiger partial charge in [-0.15, -0.1) is 0 Å². The predicted octanol–water partition coefficient (Wildman–Crippen LogP) is 1.90. The minimum absolute atomic E-state index is 0.102. The molecule has 8 heteroatoms. The van der Waals surface area contributed by atoms with Gasteiger partial charge in [-0.1, -0.05) is 0 Å². The molecule has 0 spiro atoms. The molecule has 0 amide bonds. The van der Waals surface area contributed by atoms with Crippen LogP contribution in [0, 0.1) is 0 Å². The van der Waals surface area contributed by atoms with Crippen LogP contribution in [0.2, 0.25) is 0 Å². The average molecular weight is 374 g/mol. The van der Waals surface area contributed by atoms with Crippen LogP contribution in [0.1, 0.15) is 47.0 Å². The Morgan fingerprint density at radius 3 is 2.27 bits per heavy atom. The summed E-state index contributed by atoms with van der Waals surface area (Å²) < 4.78 is 35.6. The summed E-state index contributed by atoms with van der Waals surface area (Å²) in [5.74, 6) is -1.43. The van der Waals surface area contributed by atoms with Gasteiger partial charge in [-0.3, -0.25) is 0 Å². The Balaban J connectivity index is 1.33. The first kappa shape index (κ1) is 19.0. The van der Waals surface area contributed by atoms with Crippen LogP contribution < -0.4 is 0 Å². The lowest BCUT2D eigenvalue weighted by molar-refractivity contribution is -0.338. The molecule has 0 radical (unpaired) electrons. The number of hydrogen-bond acceptors (Lipinski definition) is 8. The summed E-state index contributed by atoms with van der Waals surface area (Å²) in [4.78, 5) is 10.8. The SMILES string of the molecule is CC1(C)OC2OC(COOCC3CCCCO3)[C@@H]3OC(C)(C)O[C@@H]3[C@@H]2O1. The summed E-state index contributed by atoms with van der Waals surface area (Å²) in [6.07, 6.45) is 1.59. The zero-order chi connectivity index (χ0) is 18.4. The van der Waals surface area contributed by atoms with Gasteiger partial charge in [-0.25, -0.2) is 9.78 Å². The highest BCUT2D eigenvalue weighted by atomic mass is 17.2. The third-order valence-electron chi connectivity index (χ3n) is 5.09. The van der Waals surface area contributed by atoms with Gasteiger partial charge >= 0.3 is 0 Å². The van der Waals surface area contributed by atoms with Gasteiger partial charge in [0.2, 0.25) is 0 Å². The number of hydrogen-bond donors (Lipinski definition) is 0. The zero-order valence-electron chi connectivity index (χ0n) is 16.0. The molecule has 0 N–H and O–H groups in total. The van der Waals surface area contributed by atoms with E-state index in [4.69, 9.17) is 38.2 Å². The monoisotopic (exact) mass is 374 g/mol. The van der Waals surface area contributed by atoms with E-state index in [-0.39, 0.29) is 37.1 Å². The van der Waals surface area contributed by atoms with Crippen molar-refractivity contribution in [2.45, 2.75) is 95.3 Å². The summed E-state index contributed by atoms with van der Waals surface area (Å²) in [7, 11) is 0. The van der Waals surface area contributed by atoms with Gasteiger partial charge in [-0.2, -0.15) is 0 Å². The van der Waals surface area contributed by atoms with Crippen molar-refractivity contribution in [3.63, 3.8) is 0 Å². The van der Waals surface area contributed by atoms with E-state index in [9.17, 15) is 0 Å². The second-order valence-electron chi connectivity index (χ2n) is 8.27. The largest absolute Gasteiger partial charge is 0.376 e. The summed E-state index contributed by atoms with van der Waals surface area (Å²) in [6, 6.07) is 0. The molecule has 26 heavy (non-hydrogen) atoms. The minimum Gasteiger partial charge on any atom is -0.376 e. The van der Waals surface area contributed by atoms with Gasteiger partial charge in [0, 0.05) is 6.61 Å². The van der Waals surface area contributed by atoms with Crippen LogP contribution >= 0.6 is 0 Å². The summed E-state index contributed by atoms with van der Waals surface area (Å²) in [6.45, 7) is 8.93. The number of rotatable bonds is 5. The first-order chi connectivity index (χ1) is 12.3. The lowest BCUT2D eigenvalue weighted by atomic mass is 9.99. The van der Waals surface area contributed by atoms with Crippen LogP contribution in [0.4, 0.5) is 0 Å². The van der Waals surface area contributed by atoms with E-state index in [1.807, 2.05) is 27.7 Å². The topological polar surface area (TPSA) is 73.8 Å². The summed E-state index contributed by atoms with van der Waals surface area (Å²) in [5.41, 5.74) is 0. The van der Waals surface area contributed by atoms with Gasteiger partial charge in [0.05, 0.1) is 6.10 Å². The Bertz CT molecular complexity index is 490. The van der Waals surface area contributed by atoms with E-state index in [2.05, 4.69) is 0 Å². The van der Waals surface area contributed by atoms with Crippen molar-refractivity contribution >= 4 is 0 Å². The van der Waals surface area contributed by atoms with Crippen molar-refractivity contribution in [2.24, 2.45) is 0 Å². The van der Waals surface area contributed by atoms with Gasteiger partial charge < -0.3 is 28.4 Å². The van der Waals surface area contributed by atoms with Crippen LogP contribution in [-0.4, -0.2) is 68.2 Å². The Labute approximate surface area is 154 Å². The molecule has 0 bridgehead atoms. The predicted molar refractivity (Wildman–Crippen MR) is 88.0 cm³/mol. The third kappa shape index (κ3) is 4.07. The maximum Gasteiger partial charge on any atom is 0.190 e. The van der Waals surface area contributed by atoms with Gasteiger partial charge in [0.25, 0.3) is 0 Å². The summed E-state index contributed by atoms with van der Waals surface area (Å²) >= 11 is 0.